The van der Waals surface area contributed by atoms with Crippen LogP contribution in [-0.2, 0) is 0 Å². The summed E-state index contributed by atoms with van der Waals surface area (Å²) < 4.78 is 5.75. The Morgan fingerprint density at radius 3 is 2.65 bits per heavy atom. The number of amides is 1. The van der Waals surface area contributed by atoms with E-state index in [0.717, 1.165) is 10.9 Å². The number of hydrogen-bond acceptors (Lipinski definition) is 5. The number of ether oxygens (including phenoxy) is 1. The van der Waals surface area contributed by atoms with Crippen LogP contribution in [0, 0.1) is 0 Å². The summed E-state index contributed by atoms with van der Waals surface area (Å²) in [5, 5.41) is 3.79. The van der Waals surface area contributed by atoms with E-state index in [2.05, 4.69) is 20.3 Å². The molecule has 1 N–H and O–H groups in total. The van der Waals surface area contributed by atoms with Crippen molar-refractivity contribution in [2.24, 2.45) is 0 Å². The summed E-state index contributed by atoms with van der Waals surface area (Å²) in [6.07, 6.45) is 6.43. The van der Waals surface area contributed by atoms with Crippen LogP contribution in [0.3, 0.4) is 0 Å². The maximum Gasteiger partial charge on any atom is 0.257 e. The molecule has 6 heteroatoms. The van der Waals surface area contributed by atoms with Gasteiger partial charge in [-0.1, -0.05) is 6.07 Å². The van der Waals surface area contributed by atoms with Crippen LogP contribution in [0.4, 0.5) is 5.69 Å². The molecule has 0 bridgehead atoms. The van der Waals surface area contributed by atoms with Crippen molar-refractivity contribution in [2.45, 2.75) is 0 Å². The van der Waals surface area contributed by atoms with E-state index in [0.29, 0.717) is 22.9 Å². The first-order chi connectivity index (χ1) is 12.8. The molecule has 0 fully saturated rings. The van der Waals surface area contributed by atoms with Crippen molar-refractivity contribution in [2.75, 3.05) is 5.32 Å². The third kappa shape index (κ3) is 3.49. The van der Waals surface area contributed by atoms with Crippen molar-refractivity contribution in [3.63, 3.8) is 0 Å². The number of carbonyl (C=O) groups is 1. The number of rotatable bonds is 4. The van der Waals surface area contributed by atoms with Crippen LogP contribution in [0.25, 0.3) is 10.9 Å². The van der Waals surface area contributed by atoms with Crippen molar-refractivity contribution in [1.82, 2.24) is 15.0 Å². The van der Waals surface area contributed by atoms with Gasteiger partial charge in [0.25, 0.3) is 5.91 Å². The Hall–Kier alpha value is -3.80. The monoisotopic (exact) mass is 342 g/mol. The second-order valence-corrected chi connectivity index (χ2v) is 5.54. The van der Waals surface area contributed by atoms with E-state index < -0.39 is 0 Å². The van der Waals surface area contributed by atoms with Crippen LogP contribution < -0.4 is 10.1 Å². The lowest BCUT2D eigenvalue weighted by Gasteiger charge is -2.07. The van der Waals surface area contributed by atoms with Crippen molar-refractivity contribution in [1.29, 1.82) is 0 Å². The van der Waals surface area contributed by atoms with E-state index in [1.165, 1.54) is 6.20 Å². The average molecular weight is 342 g/mol. The molecule has 26 heavy (non-hydrogen) atoms. The van der Waals surface area contributed by atoms with E-state index in [1.54, 1.807) is 42.9 Å². The topological polar surface area (TPSA) is 77.0 Å². The minimum atomic E-state index is -0.257. The van der Waals surface area contributed by atoms with Crippen LogP contribution in [0.5, 0.6) is 11.6 Å². The lowest BCUT2D eigenvalue weighted by atomic mass is 10.2. The molecule has 4 aromatic rings. The van der Waals surface area contributed by atoms with Gasteiger partial charge in [0.15, 0.2) is 0 Å². The molecule has 0 saturated carbocycles. The van der Waals surface area contributed by atoms with Crippen molar-refractivity contribution >= 4 is 22.5 Å². The summed E-state index contributed by atoms with van der Waals surface area (Å²) >= 11 is 0. The van der Waals surface area contributed by atoms with Crippen molar-refractivity contribution < 1.29 is 9.53 Å². The number of benzene rings is 1. The minimum Gasteiger partial charge on any atom is -0.439 e. The van der Waals surface area contributed by atoms with Gasteiger partial charge in [0, 0.05) is 36.1 Å². The summed E-state index contributed by atoms with van der Waals surface area (Å²) in [7, 11) is 0. The largest absolute Gasteiger partial charge is 0.439 e. The predicted molar refractivity (Wildman–Crippen MR) is 98.2 cm³/mol. The molecule has 0 unspecified atom stereocenters. The van der Waals surface area contributed by atoms with Crippen LogP contribution in [0.15, 0.2) is 79.4 Å². The molecule has 0 aliphatic carbocycles. The second kappa shape index (κ2) is 6.98. The van der Waals surface area contributed by atoms with E-state index in [4.69, 9.17) is 4.74 Å². The van der Waals surface area contributed by atoms with Gasteiger partial charge in [0.05, 0.1) is 23.0 Å². The zero-order valence-electron chi connectivity index (χ0n) is 13.7. The van der Waals surface area contributed by atoms with Crippen LogP contribution in [-0.4, -0.2) is 20.9 Å². The molecule has 0 aliphatic rings. The Balaban J connectivity index is 1.47. The molecule has 6 nitrogen and oxygen atoms in total. The SMILES string of the molecule is O=C(Nc1cccnc1)c1ccc(Oc2ccc3cccnc3c2)nc1. The fraction of sp³-hybridized carbons (Fsp3) is 0. The molecular formula is C20H14N4O2. The molecular weight excluding hydrogens is 328 g/mol. The standard InChI is InChI=1S/C20H14N4O2/c25-20(24-16-4-2-9-21-13-16)15-6-8-19(23-12-15)26-17-7-5-14-3-1-10-22-18(14)11-17/h1-13H,(H,24,25). The summed E-state index contributed by atoms with van der Waals surface area (Å²) in [5.74, 6) is 0.779. The van der Waals surface area contributed by atoms with Gasteiger partial charge in [-0.25, -0.2) is 4.98 Å². The normalized spacial score (nSPS) is 10.5. The smallest absolute Gasteiger partial charge is 0.257 e. The third-order valence-electron chi connectivity index (χ3n) is 3.72. The molecule has 0 aliphatic heterocycles. The molecule has 4 rings (SSSR count). The highest BCUT2D eigenvalue weighted by Gasteiger charge is 2.08. The minimum absolute atomic E-state index is 0.257. The molecule has 0 saturated heterocycles. The first-order valence-corrected chi connectivity index (χ1v) is 7.98. The summed E-state index contributed by atoms with van der Waals surface area (Å²) in [6, 6.07) is 16.3. The average Bonchev–Trinajstić information content (AvgIpc) is 2.69. The van der Waals surface area contributed by atoms with Crippen LogP contribution in [0.2, 0.25) is 0 Å². The van der Waals surface area contributed by atoms with Gasteiger partial charge in [-0.05, 0) is 36.4 Å². The van der Waals surface area contributed by atoms with Gasteiger partial charge in [-0.3, -0.25) is 14.8 Å². The molecule has 0 atom stereocenters. The number of fused-ring (bicyclic) bond motifs is 1. The molecule has 0 spiro atoms. The fourth-order valence-corrected chi connectivity index (χ4v) is 2.45. The number of hydrogen-bond donors (Lipinski definition) is 1. The maximum atomic E-state index is 12.2. The summed E-state index contributed by atoms with van der Waals surface area (Å²) in [5.41, 5.74) is 1.90. The molecule has 3 heterocycles. The fourth-order valence-electron chi connectivity index (χ4n) is 2.45. The number of carbonyl (C=O) groups excluding carboxylic acids is 1. The van der Waals surface area contributed by atoms with E-state index in [9.17, 15) is 4.79 Å². The third-order valence-corrected chi connectivity index (χ3v) is 3.72. The van der Waals surface area contributed by atoms with Crippen LogP contribution in [0.1, 0.15) is 10.4 Å². The van der Waals surface area contributed by atoms with Gasteiger partial charge in [-0.2, -0.15) is 0 Å². The van der Waals surface area contributed by atoms with Gasteiger partial charge in [0.2, 0.25) is 5.88 Å². The Bertz CT molecular complexity index is 1050. The van der Waals surface area contributed by atoms with Gasteiger partial charge in [-0.15, -0.1) is 0 Å². The summed E-state index contributed by atoms with van der Waals surface area (Å²) in [6.45, 7) is 0. The number of anilines is 1. The predicted octanol–water partition coefficient (Wildman–Crippen LogP) is 4.07. The molecule has 126 valence electrons. The Morgan fingerprint density at radius 2 is 1.85 bits per heavy atom. The van der Waals surface area contributed by atoms with Crippen molar-refractivity contribution in [3.05, 3.63) is 84.9 Å². The molecule has 1 aromatic carbocycles. The van der Waals surface area contributed by atoms with Gasteiger partial charge in [0.1, 0.15) is 5.75 Å². The number of nitrogens with one attached hydrogen (secondary N) is 1. The van der Waals surface area contributed by atoms with E-state index in [1.807, 2.05) is 30.3 Å². The number of aromatic nitrogens is 3. The Morgan fingerprint density at radius 1 is 0.923 bits per heavy atom. The second-order valence-electron chi connectivity index (χ2n) is 5.54. The first kappa shape index (κ1) is 15.7. The van der Waals surface area contributed by atoms with E-state index in [-0.39, 0.29) is 5.91 Å². The first-order valence-electron chi connectivity index (χ1n) is 7.98. The molecule has 3 aromatic heterocycles. The quantitative estimate of drug-likeness (QED) is 0.605. The van der Waals surface area contributed by atoms with Crippen molar-refractivity contribution in [3.8, 4) is 11.6 Å². The van der Waals surface area contributed by atoms with Gasteiger partial charge >= 0.3 is 0 Å². The highest BCUT2D eigenvalue weighted by Crippen LogP contribution is 2.23. The lowest BCUT2D eigenvalue weighted by Crippen LogP contribution is -2.12. The lowest BCUT2D eigenvalue weighted by molar-refractivity contribution is 0.102. The Kier molecular flexibility index (Phi) is 4.22. The number of pyridine rings is 3. The Labute approximate surface area is 149 Å². The molecule has 0 radical (unpaired) electrons. The zero-order valence-corrected chi connectivity index (χ0v) is 13.7. The maximum absolute atomic E-state index is 12.2. The summed E-state index contributed by atoms with van der Waals surface area (Å²) in [4.78, 5) is 24.7. The van der Waals surface area contributed by atoms with Gasteiger partial charge < -0.3 is 10.1 Å². The highest BCUT2D eigenvalue weighted by atomic mass is 16.5. The van der Waals surface area contributed by atoms with E-state index >= 15 is 0 Å². The molecule has 1 amide bonds. The highest BCUT2D eigenvalue weighted by molar-refractivity contribution is 6.03. The zero-order chi connectivity index (χ0) is 17.8. The van der Waals surface area contributed by atoms with Crippen LogP contribution >= 0.6 is 0 Å². The number of nitrogens with zero attached hydrogens (tertiary/aromatic N) is 3.